The molecule has 4 rings (SSSR count). The van der Waals surface area contributed by atoms with Gasteiger partial charge in [-0.25, -0.2) is 9.97 Å². The zero-order chi connectivity index (χ0) is 16.7. The highest BCUT2D eigenvalue weighted by Gasteiger charge is 2.36. The number of rotatable bonds is 4. The molecule has 1 aromatic carbocycles. The van der Waals surface area contributed by atoms with Crippen molar-refractivity contribution >= 4 is 16.9 Å². The molecule has 24 heavy (non-hydrogen) atoms. The Bertz CT molecular complexity index is 970. The van der Waals surface area contributed by atoms with E-state index >= 15 is 0 Å². The van der Waals surface area contributed by atoms with Crippen LogP contribution >= 0.6 is 0 Å². The van der Waals surface area contributed by atoms with E-state index in [0.717, 1.165) is 18.7 Å². The number of aryl methyl sites for hydroxylation is 1. The normalized spacial score (nSPS) is 15.4. The number of hydrogen-bond donors (Lipinski definition) is 2. The van der Waals surface area contributed by atoms with Crippen LogP contribution in [0.5, 0.6) is 0 Å². The van der Waals surface area contributed by atoms with Crippen LogP contribution in [0, 0.1) is 5.92 Å². The second kappa shape index (κ2) is 5.59. The molecule has 2 heterocycles. The standard InChI is InChI=1S/C17H17N5O2/c1-22-9-8-18-15(22)13(10-6-7-10)21-17(24)14-16(23)20-12-5-3-2-4-11(12)19-14/h2-5,8-10,13H,6-7H2,1H3,(H,20,23)(H,21,24)/t13-/m1/s1. The smallest absolute Gasteiger partial charge is 0.280 e. The Kier molecular flexibility index (Phi) is 3.41. The lowest BCUT2D eigenvalue weighted by molar-refractivity contribution is 0.0922. The van der Waals surface area contributed by atoms with Gasteiger partial charge in [0.15, 0.2) is 5.69 Å². The molecule has 1 saturated carbocycles. The summed E-state index contributed by atoms with van der Waals surface area (Å²) in [5, 5.41) is 2.94. The number of aromatic nitrogens is 4. The molecule has 3 aromatic rings. The Balaban J connectivity index is 1.67. The number of H-pyrrole nitrogens is 1. The van der Waals surface area contributed by atoms with E-state index in [0.29, 0.717) is 17.0 Å². The van der Waals surface area contributed by atoms with Crippen molar-refractivity contribution in [3.05, 3.63) is 58.5 Å². The Labute approximate surface area is 137 Å². The SMILES string of the molecule is Cn1ccnc1[C@H](NC(=O)c1nc2ccccc2[nH]c1=O)C1CC1. The number of para-hydroxylation sites is 2. The van der Waals surface area contributed by atoms with Crippen molar-refractivity contribution in [1.82, 2.24) is 24.8 Å². The highest BCUT2D eigenvalue weighted by atomic mass is 16.2. The number of amides is 1. The molecule has 122 valence electrons. The Morgan fingerprint density at radius 2 is 2.17 bits per heavy atom. The van der Waals surface area contributed by atoms with Crippen LogP contribution in [0.15, 0.2) is 41.5 Å². The predicted molar refractivity (Wildman–Crippen MR) is 88.5 cm³/mol. The van der Waals surface area contributed by atoms with Gasteiger partial charge in [0, 0.05) is 19.4 Å². The molecule has 0 unspecified atom stereocenters. The summed E-state index contributed by atoms with van der Waals surface area (Å²) in [4.78, 5) is 36.1. The topological polar surface area (TPSA) is 92.7 Å². The number of imidazole rings is 1. The van der Waals surface area contributed by atoms with Gasteiger partial charge >= 0.3 is 0 Å². The third-order valence-electron chi connectivity index (χ3n) is 4.33. The quantitative estimate of drug-likeness (QED) is 0.761. The molecule has 0 bridgehead atoms. The second-order valence-electron chi connectivity index (χ2n) is 6.12. The first-order chi connectivity index (χ1) is 11.6. The van der Waals surface area contributed by atoms with Crippen molar-refractivity contribution in [2.24, 2.45) is 13.0 Å². The first kappa shape index (κ1) is 14.6. The molecule has 0 radical (unpaired) electrons. The highest BCUT2D eigenvalue weighted by molar-refractivity contribution is 5.93. The van der Waals surface area contributed by atoms with E-state index in [1.54, 1.807) is 18.3 Å². The number of carbonyl (C=O) groups excluding carboxylic acids is 1. The van der Waals surface area contributed by atoms with Crippen molar-refractivity contribution in [1.29, 1.82) is 0 Å². The van der Waals surface area contributed by atoms with Crippen LogP contribution in [0.2, 0.25) is 0 Å². The monoisotopic (exact) mass is 323 g/mol. The zero-order valence-corrected chi connectivity index (χ0v) is 13.2. The van der Waals surface area contributed by atoms with Crippen LogP contribution in [0.1, 0.15) is 35.2 Å². The minimum atomic E-state index is -0.486. The highest BCUT2D eigenvalue weighted by Crippen LogP contribution is 2.40. The Hall–Kier alpha value is -2.96. The molecule has 0 aliphatic heterocycles. The van der Waals surface area contributed by atoms with Gasteiger partial charge in [-0.1, -0.05) is 12.1 Å². The van der Waals surface area contributed by atoms with Crippen molar-refractivity contribution in [3.8, 4) is 0 Å². The number of fused-ring (bicyclic) bond motifs is 1. The van der Waals surface area contributed by atoms with Gasteiger partial charge in [0.1, 0.15) is 5.82 Å². The molecular formula is C17H17N5O2. The van der Waals surface area contributed by atoms with Crippen LogP contribution in [-0.2, 0) is 7.05 Å². The number of benzene rings is 1. The summed E-state index contributed by atoms with van der Waals surface area (Å²) in [5.41, 5.74) is 0.596. The molecule has 2 N–H and O–H groups in total. The van der Waals surface area contributed by atoms with Crippen molar-refractivity contribution in [2.45, 2.75) is 18.9 Å². The number of hydrogen-bond acceptors (Lipinski definition) is 4. The summed E-state index contributed by atoms with van der Waals surface area (Å²) in [7, 11) is 1.89. The molecule has 1 fully saturated rings. The summed E-state index contributed by atoms with van der Waals surface area (Å²) < 4.78 is 1.89. The number of nitrogens with zero attached hydrogens (tertiary/aromatic N) is 3. The van der Waals surface area contributed by atoms with Gasteiger partial charge in [-0.15, -0.1) is 0 Å². The van der Waals surface area contributed by atoms with Gasteiger partial charge < -0.3 is 14.9 Å². The lowest BCUT2D eigenvalue weighted by atomic mass is 10.1. The van der Waals surface area contributed by atoms with E-state index < -0.39 is 11.5 Å². The van der Waals surface area contributed by atoms with Gasteiger partial charge in [0.25, 0.3) is 11.5 Å². The largest absolute Gasteiger partial charge is 0.340 e. The fourth-order valence-corrected chi connectivity index (χ4v) is 2.89. The van der Waals surface area contributed by atoms with Gasteiger partial charge in [-0.3, -0.25) is 9.59 Å². The third kappa shape index (κ3) is 2.58. The molecule has 1 amide bonds. The maximum absolute atomic E-state index is 12.6. The fraction of sp³-hybridized carbons (Fsp3) is 0.294. The van der Waals surface area contributed by atoms with Gasteiger partial charge in [-0.05, 0) is 30.9 Å². The van der Waals surface area contributed by atoms with Crippen molar-refractivity contribution in [3.63, 3.8) is 0 Å². The van der Waals surface area contributed by atoms with Crippen LogP contribution in [0.25, 0.3) is 11.0 Å². The molecule has 7 nitrogen and oxygen atoms in total. The van der Waals surface area contributed by atoms with Crippen molar-refractivity contribution < 1.29 is 4.79 Å². The summed E-state index contributed by atoms with van der Waals surface area (Å²) in [6.45, 7) is 0. The first-order valence-electron chi connectivity index (χ1n) is 7.90. The minimum Gasteiger partial charge on any atom is -0.340 e. The second-order valence-corrected chi connectivity index (χ2v) is 6.12. The number of aromatic amines is 1. The van der Waals surface area contributed by atoms with E-state index in [1.807, 2.05) is 29.9 Å². The lowest BCUT2D eigenvalue weighted by Gasteiger charge is -2.17. The lowest BCUT2D eigenvalue weighted by Crippen LogP contribution is -2.35. The average molecular weight is 323 g/mol. The maximum atomic E-state index is 12.6. The fourth-order valence-electron chi connectivity index (χ4n) is 2.89. The maximum Gasteiger partial charge on any atom is 0.280 e. The Morgan fingerprint density at radius 1 is 1.38 bits per heavy atom. The first-order valence-corrected chi connectivity index (χ1v) is 7.90. The summed E-state index contributed by atoms with van der Waals surface area (Å²) in [6, 6.07) is 6.94. The van der Waals surface area contributed by atoms with Crippen LogP contribution in [0.3, 0.4) is 0 Å². The molecule has 1 aliphatic carbocycles. The van der Waals surface area contributed by atoms with Gasteiger partial charge in [0.2, 0.25) is 0 Å². The molecule has 1 atom stereocenters. The summed E-state index contributed by atoms with van der Waals surface area (Å²) in [6.07, 6.45) is 5.63. The average Bonchev–Trinajstić information content (AvgIpc) is 3.33. The van der Waals surface area contributed by atoms with Crippen molar-refractivity contribution in [2.75, 3.05) is 0 Å². The summed E-state index contributed by atoms with van der Waals surface area (Å²) >= 11 is 0. The van der Waals surface area contributed by atoms with Crippen LogP contribution in [0.4, 0.5) is 0 Å². The zero-order valence-electron chi connectivity index (χ0n) is 13.2. The molecule has 7 heteroatoms. The number of carbonyl (C=O) groups is 1. The van der Waals surface area contributed by atoms with Crippen LogP contribution < -0.4 is 10.9 Å². The molecule has 0 saturated heterocycles. The molecule has 0 spiro atoms. The van der Waals surface area contributed by atoms with E-state index in [4.69, 9.17) is 0 Å². The minimum absolute atomic E-state index is 0.117. The van der Waals surface area contributed by atoms with Gasteiger partial charge in [-0.2, -0.15) is 0 Å². The third-order valence-corrected chi connectivity index (χ3v) is 4.33. The molecular weight excluding hydrogens is 306 g/mol. The van der Waals surface area contributed by atoms with Gasteiger partial charge in [0.05, 0.1) is 17.1 Å². The Morgan fingerprint density at radius 3 is 2.88 bits per heavy atom. The number of nitrogens with one attached hydrogen (secondary N) is 2. The van der Waals surface area contributed by atoms with E-state index in [1.165, 1.54) is 0 Å². The summed E-state index contributed by atoms with van der Waals surface area (Å²) in [5.74, 6) is 0.680. The van der Waals surface area contributed by atoms with E-state index in [-0.39, 0.29) is 11.7 Å². The van der Waals surface area contributed by atoms with E-state index in [2.05, 4.69) is 20.3 Å². The van der Waals surface area contributed by atoms with E-state index in [9.17, 15) is 9.59 Å². The molecule has 1 aliphatic rings. The van der Waals surface area contributed by atoms with Crippen LogP contribution in [-0.4, -0.2) is 25.4 Å². The molecule has 2 aromatic heterocycles. The predicted octanol–water partition coefficient (Wildman–Crippen LogP) is 1.54.